The maximum absolute atomic E-state index is 13.2. The van der Waals surface area contributed by atoms with Crippen LogP contribution >= 0.6 is 23.3 Å². The molecule has 54 heavy (non-hydrogen) atoms. The molecule has 0 radical (unpaired) electrons. The highest BCUT2D eigenvalue weighted by Crippen LogP contribution is 2.40. The number of oxime groups is 1. The summed E-state index contributed by atoms with van der Waals surface area (Å²) in [5.74, 6) is -2.81. The van der Waals surface area contributed by atoms with Gasteiger partial charge in [-0.2, -0.15) is 9.36 Å². The molecule has 14 nitrogen and oxygen atoms in total. The highest BCUT2D eigenvalue weighted by molar-refractivity contribution is 8.00. The number of hydrogen-bond donors (Lipinski definition) is 2. The Morgan fingerprint density at radius 3 is 2.33 bits per heavy atom. The highest BCUT2D eigenvalue weighted by Gasteiger charge is 2.53. The van der Waals surface area contributed by atoms with Gasteiger partial charge in [0.1, 0.15) is 24.6 Å². The number of aliphatic carboxylic acids is 1. The van der Waals surface area contributed by atoms with Crippen LogP contribution in [0.1, 0.15) is 115 Å². The Kier molecular flexibility index (Phi) is 17.9. The van der Waals surface area contributed by atoms with Gasteiger partial charge in [-0.15, -0.1) is 11.8 Å². The van der Waals surface area contributed by atoms with Crippen LogP contribution in [0.4, 0.5) is 5.13 Å². The number of unbranched alkanes of at least 4 members (excludes halogenated alkanes) is 11. The number of nitrogens with two attached hydrogens (primary N) is 1. The maximum Gasteiger partial charge on any atom is 0.306 e. The third-order valence-electron chi connectivity index (χ3n) is 9.06. The molecule has 4 heterocycles. The first-order valence-corrected chi connectivity index (χ1v) is 20.8. The number of carbonyl (C=O) groups is 4. The van der Waals surface area contributed by atoms with Crippen molar-refractivity contribution in [1.29, 1.82) is 0 Å². The molecule has 2 atom stereocenters. The summed E-state index contributed by atoms with van der Waals surface area (Å²) < 4.78 is 11.3. The number of rotatable bonds is 25. The van der Waals surface area contributed by atoms with E-state index in [-0.39, 0.29) is 53.8 Å². The number of aromatic nitrogens is 3. The molecule has 1 saturated heterocycles. The largest absolute Gasteiger partial charge is 0.543 e. The summed E-state index contributed by atoms with van der Waals surface area (Å²) in [5, 5.41) is 18.1. The average Bonchev–Trinajstić information content (AvgIpc) is 3.60. The van der Waals surface area contributed by atoms with E-state index in [0.717, 1.165) is 47.7 Å². The molecule has 1 fully saturated rings. The van der Waals surface area contributed by atoms with Crippen molar-refractivity contribution in [1.82, 2.24) is 19.6 Å². The zero-order chi connectivity index (χ0) is 38.7. The first-order chi connectivity index (χ1) is 26.2. The maximum atomic E-state index is 13.2. The summed E-state index contributed by atoms with van der Waals surface area (Å²) >= 11 is 2.20. The number of nitrogens with zero attached hydrogens (tertiary/aromatic N) is 5. The van der Waals surface area contributed by atoms with Gasteiger partial charge in [-0.05, 0) is 39.0 Å². The van der Waals surface area contributed by atoms with E-state index < -0.39 is 29.2 Å². The Morgan fingerprint density at radius 2 is 1.70 bits per heavy atom. The first-order valence-electron chi connectivity index (χ1n) is 19.0. The summed E-state index contributed by atoms with van der Waals surface area (Å²) in [6, 6.07) is 2.60. The van der Waals surface area contributed by atoms with E-state index in [2.05, 4.69) is 38.9 Å². The lowest BCUT2D eigenvalue weighted by atomic mass is 10.0. The number of carbonyl (C=O) groups excluding carboxylic acids is 4. The average molecular weight is 784 g/mol. The van der Waals surface area contributed by atoms with Gasteiger partial charge < -0.3 is 30.5 Å². The van der Waals surface area contributed by atoms with Gasteiger partial charge in [0.25, 0.3) is 11.8 Å². The number of carboxylic acids is 1. The smallest absolute Gasteiger partial charge is 0.306 e. The lowest BCUT2D eigenvalue weighted by Gasteiger charge is -2.50. The third kappa shape index (κ3) is 12.9. The number of allylic oxidation sites excluding steroid dienone is 2. The second-order valence-corrected chi connectivity index (χ2v) is 15.2. The fourth-order valence-corrected chi connectivity index (χ4v) is 7.90. The predicted molar refractivity (Wildman–Crippen MR) is 205 cm³/mol. The summed E-state index contributed by atoms with van der Waals surface area (Å²) in [5.41, 5.74) is 6.48. The second kappa shape index (κ2) is 22.8. The van der Waals surface area contributed by atoms with Crippen LogP contribution in [0, 0.1) is 0 Å². The van der Waals surface area contributed by atoms with Crippen molar-refractivity contribution in [3.63, 3.8) is 0 Å². The van der Waals surface area contributed by atoms with E-state index >= 15 is 0 Å². The van der Waals surface area contributed by atoms with Crippen LogP contribution in [0.3, 0.4) is 0 Å². The summed E-state index contributed by atoms with van der Waals surface area (Å²) in [4.78, 5) is 61.0. The van der Waals surface area contributed by atoms with Crippen LogP contribution in [0.25, 0.3) is 0 Å². The molecule has 0 bridgehead atoms. The van der Waals surface area contributed by atoms with Gasteiger partial charge in [0.05, 0.1) is 11.7 Å². The van der Waals surface area contributed by atoms with Crippen molar-refractivity contribution in [2.45, 2.75) is 128 Å². The Labute approximate surface area is 325 Å². The van der Waals surface area contributed by atoms with Gasteiger partial charge in [-0.25, -0.2) is 4.57 Å². The van der Waals surface area contributed by atoms with Crippen LogP contribution in [-0.4, -0.2) is 67.5 Å². The number of amides is 2. The molecule has 2 aliphatic rings. The number of hydrogen-bond acceptors (Lipinski definition) is 13. The second-order valence-electron chi connectivity index (χ2n) is 13.3. The molecule has 294 valence electrons. The van der Waals surface area contributed by atoms with Gasteiger partial charge in [0, 0.05) is 47.0 Å². The molecular formula is C38H53N7O7S2. The molecule has 0 spiro atoms. The van der Waals surface area contributed by atoms with E-state index in [0.29, 0.717) is 12.0 Å². The van der Waals surface area contributed by atoms with Crippen molar-refractivity contribution in [3.05, 3.63) is 59.3 Å². The Bertz CT molecular complexity index is 1640. The van der Waals surface area contributed by atoms with E-state index in [1.807, 2.05) is 0 Å². The fourth-order valence-electron chi connectivity index (χ4n) is 6.13. The quantitative estimate of drug-likeness (QED) is 0.0277. The molecule has 2 aromatic heterocycles. The van der Waals surface area contributed by atoms with Gasteiger partial charge in [0.2, 0.25) is 11.5 Å². The molecule has 0 aromatic carbocycles. The van der Waals surface area contributed by atoms with Gasteiger partial charge in [0.15, 0.2) is 24.1 Å². The van der Waals surface area contributed by atoms with Gasteiger partial charge >= 0.3 is 5.97 Å². The zero-order valence-corrected chi connectivity index (χ0v) is 33.0. The van der Waals surface area contributed by atoms with Crippen molar-refractivity contribution in [3.8, 4) is 0 Å². The zero-order valence-electron chi connectivity index (χ0n) is 31.3. The van der Waals surface area contributed by atoms with Gasteiger partial charge in [-0.1, -0.05) is 75.6 Å². The lowest BCUT2D eigenvalue weighted by molar-refractivity contribution is -0.689. The van der Waals surface area contributed by atoms with E-state index in [4.69, 9.17) is 15.3 Å². The number of anilines is 1. The number of nitrogens with one attached hydrogen (secondary N) is 1. The molecule has 2 amide bonds. The number of β-lactam (4-membered cyclic amide) rings is 1. The fraction of sp³-hybridized carbons (Fsp3) is 0.579. The molecule has 4 rings (SSSR count). The number of pyridine rings is 1. The molecule has 2 aliphatic heterocycles. The molecule has 1 unspecified atom stereocenters. The Balaban J connectivity index is 1.16. The third-order valence-corrected chi connectivity index (χ3v) is 10.9. The summed E-state index contributed by atoms with van der Waals surface area (Å²) in [7, 11) is 0. The Hall–Kier alpha value is -4.31. The summed E-state index contributed by atoms with van der Waals surface area (Å²) in [6.45, 7) is 4.45. The minimum absolute atomic E-state index is 0.0454. The van der Waals surface area contributed by atoms with E-state index in [9.17, 15) is 24.3 Å². The lowest BCUT2D eigenvalue weighted by Crippen LogP contribution is -2.71. The first kappa shape index (κ1) is 42.4. The number of nitrogen functional groups attached to an aromatic ring is 1. The number of fused-ring (bicyclic) bond motifs is 1. The van der Waals surface area contributed by atoms with Crippen molar-refractivity contribution >= 4 is 57.9 Å². The molecule has 2 aromatic rings. The van der Waals surface area contributed by atoms with Crippen molar-refractivity contribution in [2.24, 2.45) is 5.16 Å². The number of esters is 1. The minimum atomic E-state index is -1.48. The van der Waals surface area contributed by atoms with Crippen molar-refractivity contribution < 1.29 is 38.4 Å². The highest BCUT2D eigenvalue weighted by atomic mass is 32.2. The predicted octanol–water partition coefficient (Wildman–Crippen LogP) is 4.33. The normalized spacial score (nSPS) is 17.0. The molecule has 0 aliphatic carbocycles. The van der Waals surface area contributed by atoms with Crippen molar-refractivity contribution in [2.75, 3.05) is 18.1 Å². The standard InChI is InChI=1S/C38H53N7O7S2/c1-3-5-6-7-8-9-10-11-12-13-14-15-16-17-18-19-29(46)51-25-27-20-22-44(23-21-27)24-28-26-53-36-31(35(48)45(36)32(28)37(49)50)40-34(47)30(42-52-4-2)33-41-38(39)54-43-33/h11-12,20-23,31,36H,3-10,13-19,24-26H2,1-2H3,(H3-,39,40,41,43,47,49,50)/b12-11-,42-30?/t31?,36-/m1/s1. The SMILES string of the molecule is CCCCCCCC/C=C\CCCCCCCC(=O)OCc1cc[n+](CC2=C(C(=O)[O-])N3C(=O)C(NC(=O)C(=NOCC)c4nsc(N)n4)[C@H]3SC2)cc1. The monoisotopic (exact) mass is 783 g/mol. The molecular weight excluding hydrogens is 731 g/mol. The number of carboxylic acid groups (broad SMARTS) is 1. The van der Waals surface area contributed by atoms with Crippen LogP contribution < -0.4 is 20.7 Å². The molecule has 16 heteroatoms. The van der Waals surface area contributed by atoms with E-state index in [1.54, 1.807) is 36.0 Å². The van der Waals surface area contributed by atoms with Crippen LogP contribution in [0.5, 0.6) is 0 Å². The van der Waals surface area contributed by atoms with Gasteiger partial charge in [-0.3, -0.25) is 19.3 Å². The summed E-state index contributed by atoms with van der Waals surface area (Å²) in [6.07, 6.45) is 24.2. The van der Waals surface area contributed by atoms with Crippen LogP contribution in [-0.2, 0) is 41.9 Å². The van der Waals surface area contributed by atoms with E-state index in [1.165, 1.54) is 69.5 Å². The molecule has 3 N–H and O–H groups in total. The number of ether oxygens (including phenoxy) is 1. The van der Waals surface area contributed by atoms with Crippen LogP contribution in [0.15, 0.2) is 53.1 Å². The number of thioether (sulfide) groups is 1. The minimum Gasteiger partial charge on any atom is -0.543 e. The molecule has 0 saturated carbocycles. The van der Waals surface area contributed by atoms with Crippen LogP contribution in [0.2, 0.25) is 0 Å². The Morgan fingerprint density at radius 1 is 1.04 bits per heavy atom. The topological polar surface area (TPSA) is 193 Å².